The maximum Gasteiger partial charge on any atom is 0.261 e. The lowest BCUT2D eigenvalue weighted by Crippen LogP contribution is -2.25. The third kappa shape index (κ3) is 3.45. The molecule has 1 aliphatic heterocycles. The van der Waals surface area contributed by atoms with Crippen LogP contribution in [0.3, 0.4) is 0 Å². The Morgan fingerprint density at radius 3 is 2.74 bits per heavy atom. The predicted octanol–water partition coefficient (Wildman–Crippen LogP) is 2.93. The number of carbonyl (C=O) groups excluding carboxylic acids is 2. The minimum Gasteiger partial charge on any atom is -0.454 e. The highest BCUT2D eigenvalue weighted by atomic mass is 32.1. The summed E-state index contributed by atoms with van der Waals surface area (Å²) >= 11 is 1.24. The number of thiophene rings is 1. The second-order valence-electron chi connectivity index (χ2n) is 5.15. The highest BCUT2D eigenvalue weighted by Gasteiger charge is 2.18. The maximum atomic E-state index is 12.3. The van der Waals surface area contributed by atoms with Crippen molar-refractivity contribution in [3.8, 4) is 11.5 Å². The second-order valence-corrected chi connectivity index (χ2v) is 6.24. The van der Waals surface area contributed by atoms with E-state index in [1.807, 2.05) is 25.1 Å². The number of ether oxygens (including phenoxy) is 2. The first-order valence-electron chi connectivity index (χ1n) is 7.11. The van der Waals surface area contributed by atoms with Crippen molar-refractivity contribution in [2.75, 3.05) is 12.1 Å². The van der Waals surface area contributed by atoms with Crippen LogP contribution in [0.1, 0.15) is 35.1 Å². The van der Waals surface area contributed by atoms with Gasteiger partial charge in [-0.15, -0.1) is 11.3 Å². The number of carbonyl (C=O) groups is 2. The molecule has 0 spiro atoms. The highest BCUT2D eigenvalue weighted by Crippen LogP contribution is 2.34. The molecular formula is C16H16N2O4S. The average molecular weight is 332 g/mol. The Labute approximate surface area is 137 Å². The van der Waals surface area contributed by atoms with Gasteiger partial charge in [-0.3, -0.25) is 9.59 Å². The molecule has 0 aliphatic carbocycles. The number of nitrogens with one attached hydrogen (secondary N) is 2. The van der Waals surface area contributed by atoms with Gasteiger partial charge in [0, 0.05) is 6.92 Å². The number of fused-ring (bicyclic) bond motifs is 1. The summed E-state index contributed by atoms with van der Waals surface area (Å²) in [6, 6.07) is 8.83. The Bertz CT molecular complexity index is 756. The second kappa shape index (κ2) is 6.29. The van der Waals surface area contributed by atoms with Crippen LogP contribution in [0.15, 0.2) is 30.3 Å². The fourth-order valence-electron chi connectivity index (χ4n) is 2.23. The highest BCUT2D eigenvalue weighted by molar-refractivity contribution is 7.18. The zero-order valence-corrected chi connectivity index (χ0v) is 13.5. The topological polar surface area (TPSA) is 76.7 Å². The molecule has 0 fully saturated rings. The molecule has 1 aromatic heterocycles. The molecule has 0 saturated heterocycles. The van der Waals surface area contributed by atoms with Crippen LogP contribution >= 0.6 is 11.3 Å². The molecule has 23 heavy (non-hydrogen) atoms. The summed E-state index contributed by atoms with van der Waals surface area (Å²) < 4.78 is 10.6. The van der Waals surface area contributed by atoms with E-state index in [9.17, 15) is 9.59 Å². The molecule has 1 aromatic carbocycles. The van der Waals surface area contributed by atoms with Gasteiger partial charge >= 0.3 is 0 Å². The van der Waals surface area contributed by atoms with Gasteiger partial charge in [-0.1, -0.05) is 6.07 Å². The molecule has 7 heteroatoms. The Kier molecular flexibility index (Phi) is 4.20. The lowest BCUT2D eigenvalue weighted by atomic mass is 10.1. The lowest BCUT2D eigenvalue weighted by Gasteiger charge is -2.14. The largest absolute Gasteiger partial charge is 0.454 e. The monoisotopic (exact) mass is 332 g/mol. The number of benzene rings is 1. The zero-order chi connectivity index (χ0) is 16.4. The molecule has 0 unspecified atom stereocenters. The van der Waals surface area contributed by atoms with E-state index < -0.39 is 0 Å². The molecule has 3 rings (SSSR count). The average Bonchev–Trinajstić information content (AvgIpc) is 3.14. The van der Waals surface area contributed by atoms with E-state index >= 15 is 0 Å². The van der Waals surface area contributed by atoms with E-state index in [4.69, 9.17) is 9.47 Å². The first kappa shape index (κ1) is 15.4. The first-order valence-corrected chi connectivity index (χ1v) is 7.92. The van der Waals surface area contributed by atoms with E-state index in [2.05, 4.69) is 10.6 Å². The van der Waals surface area contributed by atoms with Crippen LogP contribution in [0.2, 0.25) is 0 Å². The van der Waals surface area contributed by atoms with Gasteiger partial charge in [-0.05, 0) is 36.8 Å². The Balaban J connectivity index is 1.67. The van der Waals surface area contributed by atoms with Crippen LogP contribution in [0.5, 0.6) is 11.5 Å². The minimum absolute atomic E-state index is 0.160. The molecule has 120 valence electrons. The molecule has 2 N–H and O–H groups in total. The molecule has 2 amide bonds. The quantitative estimate of drug-likeness (QED) is 0.902. The van der Waals surface area contributed by atoms with Crippen LogP contribution in [-0.2, 0) is 4.79 Å². The van der Waals surface area contributed by atoms with Gasteiger partial charge in [0.1, 0.15) is 0 Å². The number of hydrogen-bond acceptors (Lipinski definition) is 5. The Morgan fingerprint density at radius 2 is 1.96 bits per heavy atom. The zero-order valence-electron chi connectivity index (χ0n) is 12.7. The SMILES string of the molecule is CC(=O)Nc1ccc(C(=O)N[C@@H](C)c2ccc3c(c2)OCO3)s1. The summed E-state index contributed by atoms with van der Waals surface area (Å²) in [6.07, 6.45) is 0. The van der Waals surface area contributed by atoms with Crippen molar-refractivity contribution in [3.63, 3.8) is 0 Å². The van der Waals surface area contributed by atoms with Crippen molar-refractivity contribution in [3.05, 3.63) is 40.8 Å². The van der Waals surface area contributed by atoms with Gasteiger partial charge in [0.25, 0.3) is 5.91 Å². The van der Waals surface area contributed by atoms with Gasteiger partial charge in [0.2, 0.25) is 12.7 Å². The van der Waals surface area contributed by atoms with Crippen molar-refractivity contribution < 1.29 is 19.1 Å². The molecular weight excluding hydrogens is 316 g/mol. The Hall–Kier alpha value is -2.54. The van der Waals surface area contributed by atoms with Crippen molar-refractivity contribution in [2.45, 2.75) is 19.9 Å². The fraction of sp³-hybridized carbons (Fsp3) is 0.250. The summed E-state index contributed by atoms with van der Waals surface area (Å²) in [4.78, 5) is 23.9. The lowest BCUT2D eigenvalue weighted by molar-refractivity contribution is -0.114. The molecule has 0 radical (unpaired) electrons. The van der Waals surface area contributed by atoms with Gasteiger partial charge in [-0.25, -0.2) is 0 Å². The third-order valence-corrected chi connectivity index (χ3v) is 4.37. The van der Waals surface area contributed by atoms with E-state index in [1.165, 1.54) is 18.3 Å². The molecule has 1 atom stereocenters. The van der Waals surface area contributed by atoms with Crippen molar-refractivity contribution in [1.82, 2.24) is 5.32 Å². The summed E-state index contributed by atoms with van der Waals surface area (Å²) in [6.45, 7) is 3.56. The number of amides is 2. The molecule has 0 bridgehead atoms. The van der Waals surface area contributed by atoms with Gasteiger partial charge in [0.05, 0.1) is 15.9 Å². The molecule has 2 aromatic rings. The summed E-state index contributed by atoms with van der Waals surface area (Å²) in [5.41, 5.74) is 0.932. The molecule has 2 heterocycles. The van der Waals surface area contributed by atoms with Crippen molar-refractivity contribution in [2.24, 2.45) is 0 Å². The van der Waals surface area contributed by atoms with Crippen LogP contribution in [0.25, 0.3) is 0 Å². The van der Waals surface area contributed by atoms with Crippen LogP contribution in [0.4, 0.5) is 5.00 Å². The van der Waals surface area contributed by atoms with Crippen LogP contribution < -0.4 is 20.1 Å². The summed E-state index contributed by atoms with van der Waals surface area (Å²) in [5, 5.41) is 6.25. The standard InChI is InChI=1S/C16H16N2O4S/c1-9(11-3-4-12-13(7-11)22-8-21-12)17-16(20)14-5-6-15(23-14)18-10(2)19/h3-7,9H,8H2,1-2H3,(H,17,20)(H,18,19)/t9-/m0/s1. The summed E-state index contributed by atoms with van der Waals surface area (Å²) in [5.74, 6) is 1.06. The molecule has 0 saturated carbocycles. The van der Waals surface area contributed by atoms with Gasteiger partial charge in [-0.2, -0.15) is 0 Å². The van der Waals surface area contributed by atoms with Crippen molar-refractivity contribution >= 4 is 28.2 Å². The minimum atomic E-state index is -0.184. The van der Waals surface area contributed by atoms with Crippen molar-refractivity contribution in [1.29, 1.82) is 0 Å². The van der Waals surface area contributed by atoms with Gasteiger partial charge in [0.15, 0.2) is 11.5 Å². The van der Waals surface area contributed by atoms with Crippen LogP contribution in [-0.4, -0.2) is 18.6 Å². The smallest absolute Gasteiger partial charge is 0.261 e. The Morgan fingerprint density at radius 1 is 1.17 bits per heavy atom. The van der Waals surface area contributed by atoms with E-state index in [0.29, 0.717) is 21.4 Å². The third-order valence-electron chi connectivity index (χ3n) is 3.37. The number of anilines is 1. The number of hydrogen-bond donors (Lipinski definition) is 2. The van der Waals surface area contributed by atoms with E-state index in [-0.39, 0.29) is 24.6 Å². The van der Waals surface area contributed by atoms with E-state index in [0.717, 1.165) is 5.56 Å². The molecule has 6 nitrogen and oxygen atoms in total. The fourth-order valence-corrected chi connectivity index (χ4v) is 3.09. The maximum absolute atomic E-state index is 12.3. The normalized spacial score (nSPS) is 13.5. The van der Waals surface area contributed by atoms with Gasteiger partial charge < -0.3 is 20.1 Å². The van der Waals surface area contributed by atoms with E-state index in [1.54, 1.807) is 12.1 Å². The number of rotatable bonds is 4. The first-order chi connectivity index (χ1) is 11.0. The summed E-state index contributed by atoms with van der Waals surface area (Å²) in [7, 11) is 0. The van der Waals surface area contributed by atoms with Crippen LogP contribution in [0, 0.1) is 0 Å². The predicted molar refractivity (Wildman–Crippen MR) is 87.1 cm³/mol. The molecule has 1 aliphatic rings.